The van der Waals surface area contributed by atoms with Crippen LogP contribution in [0.5, 0.6) is 5.75 Å². The van der Waals surface area contributed by atoms with E-state index in [0.29, 0.717) is 11.4 Å². The molecule has 28 heavy (non-hydrogen) atoms. The van der Waals surface area contributed by atoms with E-state index in [4.69, 9.17) is 4.74 Å². The summed E-state index contributed by atoms with van der Waals surface area (Å²) >= 11 is 0. The first kappa shape index (κ1) is 20.4. The van der Waals surface area contributed by atoms with Crippen LogP contribution < -0.4 is 10.1 Å². The van der Waals surface area contributed by atoms with Crippen molar-refractivity contribution in [1.29, 1.82) is 0 Å². The summed E-state index contributed by atoms with van der Waals surface area (Å²) in [4.78, 5) is 12.9. The highest BCUT2D eigenvalue weighted by molar-refractivity contribution is 7.89. The average molecular weight is 403 g/mol. The number of nitrogens with one attached hydrogen (secondary N) is 1. The number of carbonyl (C=O) groups is 1. The van der Waals surface area contributed by atoms with Crippen molar-refractivity contribution in [3.63, 3.8) is 0 Å². The first-order valence-corrected chi connectivity index (χ1v) is 11.0. The molecule has 0 unspecified atom stereocenters. The number of methoxy groups -OCH3 is 1. The quantitative estimate of drug-likeness (QED) is 0.767. The Kier molecular flexibility index (Phi) is 6.70. The zero-order valence-corrected chi connectivity index (χ0v) is 16.8. The number of rotatable bonds is 7. The van der Waals surface area contributed by atoms with Crippen LogP contribution in [0, 0.1) is 0 Å². The van der Waals surface area contributed by atoms with Crippen molar-refractivity contribution < 1.29 is 17.9 Å². The Balaban J connectivity index is 1.79. The van der Waals surface area contributed by atoms with Gasteiger partial charge < -0.3 is 10.1 Å². The maximum Gasteiger partial charge on any atom is 0.243 e. The summed E-state index contributed by atoms with van der Waals surface area (Å²) in [7, 11) is -2.17. The molecule has 1 saturated carbocycles. The maximum absolute atomic E-state index is 13.2. The molecule has 0 atom stereocenters. The number of carbonyl (C=O) groups excluding carboxylic acids is 1. The first-order chi connectivity index (χ1) is 13.5. The number of sulfonamides is 1. The van der Waals surface area contributed by atoms with Crippen LogP contribution >= 0.6 is 0 Å². The van der Waals surface area contributed by atoms with Gasteiger partial charge in [0.15, 0.2) is 0 Å². The third kappa shape index (κ3) is 4.91. The average Bonchev–Trinajstić information content (AvgIpc) is 2.74. The minimum Gasteiger partial charge on any atom is -0.497 e. The van der Waals surface area contributed by atoms with Crippen molar-refractivity contribution in [1.82, 2.24) is 4.31 Å². The van der Waals surface area contributed by atoms with Crippen LogP contribution in [0.2, 0.25) is 0 Å². The number of ether oxygens (including phenoxy) is 1. The van der Waals surface area contributed by atoms with E-state index in [0.717, 1.165) is 32.1 Å². The van der Waals surface area contributed by atoms with Crippen LogP contribution in [-0.4, -0.2) is 38.3 Å². The first-order valence-electron chi connectivity index (χ1n) is 9.51. The summed E-state index contributed by atoms with van der Waals surface area (Å²) in [6.07, 6.45) is 4.62. The summed E-state index contributed by atoms with van der Waals surface area (Å²) in [5, 5.41) is 2.79. The third-order valence-electron chi connectivity index (χ3n) is 5.00. The molecule has 1 N–H and O–H groups in total. The molecule has 0 spiro atoms. The summed E-state index contributed by atoms with van der Waals surface area (Å²) in [6.45, 7) is -0.200. The molecule has 2 aromatic rings. The molecule has 0 radical (unpaired) electrons. The lowest BCUT2D eigenvalue weighted by Crippen LogP contribution is -2.45. The Hall–Kier alpha value is -2.38. The van der Waals surface area contributed by atoms with Gasteiger partial charge in [0.2, 0.25) is 15.9 Å². The second kappa shape index (κ2) is 9.21. The molecule has 3 rings (SSSR count). The zero-order valence-electron chi connectivity index (χ0n) is 16.0. The molecule has 0 heterocycles. The standard InChI is InChI=1S/C21H26N2O4S/c1-27-19-14-12-17(13-15-19)22-21(24)16-23(18-8-4-2-5-9-18)28(25,26)20-10-6-3-7-11-20/h3,6-7,10-15,18H,2,4-5,8-9,16H2,1H3,(H,22,24). The highest BCUT2D eigenvalue weighted by Crippen LogP contribution is 2.28. The molecule has 0 bridgehead atoms. The topological polar surface area (TPSA) is 75.7 Å². The molecule has 0 aromatic heterocycles. The summed E-state index contributed by atoms with van der Waals surface area (Å²) in [5.74, 6) is 0.337. The highest BCUT2D eigenvalue weighted by Gasteiger charge is 2.33. The summed E-state index contributed by atoms with van der Waals surface area (Å²) < 4.78 is 33.0. The number of amides is 1. The fraction of sp³-hybridized carbons (Fsp3) is 0.381. The van der Waals surface area contributed by atoms with Crippen molar-refractivity contribution in [3.05, 3.63) is 54.6 Å². The zero-order chi connectivity index (χ0) is 20.0. The Morgan fingerprint density at radius 3 is 2.29 bits per heavy atom. The molecule has 0 aliphatic heterocycles. The Bertz CT molecular complexity index is 876. The van der Waals surface area contributed by atoms with Gasteiger partial charge in [-0.2, -0.15) is 4.31 Å². The predicted molar refractivity (Wildman–Crippen MR) is 109 cm³/mol. The van der Waals surface area contributed by atoms with Gasteiger partial charge in [0.05, 0.1) is 18.6 Å². The van der Waals surface area contributed by atoms with E-state index >= 15 is 0 Å². The van der Waals surface area contributed by atoms with E-state index in [2.05, 4.69) is 5.32 Å². The fourth-order valence-electron chi connectivity index (χ4n) is 3.52. The van der Waals surface area contributed by atoms with E-state index in [9.17, 15) is 13.2 Å². The molecule has 0 saturated heterocycles. The van der Waals surface area contributed by atoms with Gasteiger partial charge in [-0.3, -0.25) is 4.79 Å². The van der Waals surface area contributed by atoms with Gasteiger partial charge in [-0.05, 0) is 49.2 Å². The van der Waals surface area contributed by atoms with Gasteiger partial charge in [-0.1, -0.05) is 37.5 Å². The van der Waals surface area contributed by atoms with Crippen LogP contribution in [0.3, 0.4) is 0 Å². The van der Waals surface area contributed by atoms with Crippen LogP contribution in [-0.2, 0) is 14.8 Å². The third-order valence-corrected chi connectivity index (χ3v) is 6.92. The van der Waals surface area contributed by atoms with E-state index in [1.165, 1.54) is 4.31 Å². The minimum atomic E-state index is -3.75. The number of anilines is 1. The molecular formula is C21H26N2O4S. The van der Waals surface area contributed by atoms with Gasteiger partial charge >= 0.3 is 0 Å². The molecule has 1 fully saturated rings. The monoisotopic (exact) mass is 402 g/mol. The van der Waals surface area contributed by atoms with Crippen molar-refractivity contribution in [2.75, 3.05) is 19.0 Å². The van der Waals surface area contributed by atoms with E-state index in [1.807, 2.05) is 0 Å². The molecule has 1 amide bonds. The van der Waals surface area contributed by atoms with Gasteiger partial charge in [-0.25, -0.2) is 8.42 Å². The molecule has 6 nitrogen and oxygen atoms in total. The normalized spacial score (nSPS) is 15.4. The Labute approximate surface area is 166 Å². The summed E-state index contributed by atoms with van der Waals surface area (Å²) in [6, 6.07) is 15.1. The van der Waals surface area contributed by atoms with E-state index in [1.54, 1.807) is 61.7 Å². The summed E-state index contributed by atoms with van der Waals surface area (Å²) in [5.41, 5.74) is 0.603. The highest BCUT2D eigenvalue weighted by atomic mass is 32.2. The van der Waals surface area contributed by atoms with E-state index in [-0.39, 0.29) is 23.4 Å². The Morgan fingerprint density at radius 1 is 1.04 bits per heavy atom. The maximum atomic E-state index is 13.2. The van der Waals surface area contributed by atoms with Crippen LogP contribution in [0.4, 0.5) is 5.69 Å². The largest absolute Gasteiger partial charge is 0.497 e. The van der Waals surface area contributed by atoms with Crippen molar-refractivity contribution in [3.8, 4) is 5.75 Å². The smallest absolute Gasteiger partial charge is 0.243 e. The van der Waals surface area contributed by atoms with Crippen molar-refractivity contribution >= 4 is 21.6 Å². The van der Waals surface area contributed by atoms with Crippen LogP contribution in [0.1, 0.15) is 32.1 Å². The second-order valence-electron chi connectivity index (χ2n) is 6.93. The number of hydrogen-bond donors (Lipinski definition) is 1. The number of nitrogens with zero attached hydrogens (tertiary/aromatic N) is 1. The SMILES string of the molecule is COc1ccc(NC(=O)CN(C2CCCCC2)S(=O)(=O)c2ccccc2)cc1. The van der Waals surface area contributed by atoms with Crippen molar-refractivity contribution in [2.45, 2.75) is 43.0 Å². The fourth-order valence-corrected chi connectivity index (χ4v) is 5.19. The molecule has 7 heteroatoms. The predicted octanol–water partition coefficient (Wildman–Crippen LogP) is 3.66. The number of benzene rings is 2. The van der Waals surface area contributed by atoms with Gasteiger partial charge in [0.1, 0.15) is 5.75 Å². The van der Waals surface area contributed by atoms with Crippen LogP contribution in [0.25, 0.3) is 0 Å². The number of hydrogen-bond acceptors (Lipinski definition) is 4. The Morgan fingerprint density at radius 2 is 1.68 bits per heavy atom. The molecule has 1 aliphatic rings. The minimum absolute atomic E-state index is 0.152. The second-order valence-corrected chi connectivity index (χ2v) is 8.82. The van der Waals surface area contributed by atoms with Crippen LogP contribution in [0.15, 0.2) is 59.5 Å². The van der Waals surface area contributed by atoms with Crippen molar-refractivity contribution in [2.24, 2.45) is 0 Å². The molecule has 150 valence electrons. The molecular weight excluding hydrogens is 376 g/mol. The van der Waals surface area contributed by atoms with Gasteiger partial charge in [0.25, 0.3) is 0 Å². The lowest BCUT2D eigenvalue weighted by atomic mass is 9.95. The van der Waals surface area contributed by atoms with E-state index < -0.39 is 10.0 Å². The van der Waals surface area contributed by atoms with Gasteiger partial charge in [0, 0.05) is 11.7 Å². The van der Waals surface area contributed by atoms with Gasteiger partial charge in [-0.15, -0.1) is 0 Å². The lowest BCUT2D eigenvalue weighted by Gasteiger charge is -2.33. The molecule has 2 aromatic carbocycles. The molecule has 1 aliphatic carbocycles. The lowest BCUT2D eigenvalue weighted by molar-refractivity contribution is -0.116.